The SMILES string of the molecule is CCC(C)(CN)C(O)c1ccc(F)c(Br)c1. The Labute approximate surface area is 104 Å². The van der Waals surface area contributed by atoms with Crippen molar-refractivity contribution in [2.75, 3.05) is 6.54 Å². The van der Waals surface area contributed by atoms with Crippen LogP contribution in [0.25, 0.3) is 0 Å². The molecule has 2 unspecified atom stereocenters. The summed E-state index contributed by atoms with van der Waals surface area (Å²) in [7, 11) is 0. The molecule has 1 rings (SSSR count). The number of hydrogen-bond acceptors (Lipinski definition) is 2. The van der Waals surface area contributed by atoms with E-state index in [4.69, 9.17) is 5.73 Å². The zero-order valence-corrected chi connectivity index (χ0v) is 11.1. The van der Waals surface area contributed by atoms with Crippen LogP contribution in [0.5, 0.6) is 0 Å². The molecule has 2 atom stereocenters. The second kappa shape index (κ2) is 5.25. The van der Waals surface area contributed by atoms with Gasteiger partial charge in [-0.15, -0.1) is 0 Å². The minimum Gasteiger partial charge on any atom is -0.388 e. The number of rotatable bonds is 4. The molecular formula is C12H17BrFNO. The van der Waals surface area contributed by atoms with Gasteiger partial charge in [0, 0.05) is 12.0 Å². The van der Waals surface area contributed by atoms with Gasteiger partial charge in [-0.05, 0) is 40.0 Å². The number of nitrogens with two attached hydrogens (primary N) is 1. The van der Waals surface area contributed by atoms with Crippen molar-refractivity contribution >= 4 is 15.9 Å². The summed E-state index contributed by atoms with van der Waals surface area (Å²) in [5, 5.41) is 10.2. The molecule has 0 saturated heterocycles. The lowest BCUT2D eigenvalue weighted by Crippen LogP contribution is -2.33. The highest BCUT2D eigenvalue weighted by atomic mass is 79.9. The smallest absolute Gasteiger partial charge is 0.137 e. The van der Waals surface area contributed by atoms with Crippen LogP contribution in [0.2, 0.25) is 0 Å². The predicted molar refractivity (Wildman–Crippen MR) is 66.5 cm³/mol. The van der Waals surface area contributed by atoms with Gasteiger partial charge in [-0.1, -0.05) is 19.9 Å². The Hall–Kier alpha value is -0.450. The van der Waals surface area contributed by atoms with Crippen LogP contribution in [0.15, 0.2) is 22.7 Å². The van der Waals surface area contributed by atoms with Crippen LogP contribution in [-0.2, 0) is 0 Å². The van der Waals surface area contributed by atoms with Crippen molar-refractivity contribution in [3.05, 3.63) is 34.1 Å². The van der Waals surface area contributed by atoms with Crippen LogP contribution in [0.4, 0.5) is 4.39 Å². The van der Waals surface area contributed by atoms with E-state index in [9.17, 15) is 9.50 Å². The molecule has 0 heterocycles. The first-order chi connectivity index (χ1) is 7.44. The molecular weight excluding hydrogens is 273 g/mol. The van der Waals surface area contributed by atoms with Crippen molar-refractivity contribution in [1.29, 1.82) is 0 Å². The Morgan fingerprint density at radius 3 is 2.62 bits per heavy atom. The Morgan fingerprint density at radius 2 is 2.19 bits per heavy atom. The Kier molecular flexibility index (Phi) is 4.47. The molecule has 0 aliphatic carbocycles. The highest BCUT2D eigenvalue weighted by Gasteiger charge is 2.31. The molecule has 3 N–H and O–H groups in total. The first-order valence-corrected chi connectivity index (χ1v) is 6.07. The fraction of sp³-hybridized carbons (Fsp3) is 0.500. The van der Waals surface area contributed by atoms with Crippen molar-refractivity contribution in [3.8, 4) is 0 Å². The summed E-state index contributed by atoms with van der Waals surface area (Å²) in [6.07, 6.45) is 0.0824. The third-order valence-electron chi connectivity index (χ3n) is 3.19. The minimum absolute atomic E-state index is 0.332. The quantitative estimate of drug-likeness (QED) is 0.895. The molecule has 90 valence electrons. The summed E-state index contributed by atoms with van der Waals surface area (Å²) < 4.78 is 13.4. The Morgan fingerprint density at radius 1 is 1.56 bits per heavy atom. The van der Waals surface area contributed by atoms with Gasteiger partial charge in [0.15, 0.2) is 0 Å². The van der Waals surface area contributed by atoms with E-state index < -0.39 is 6.10 Å². The summed E-state index contributed by atoms with van der Waals surface area (Å²) in [6, 6.07) is 4.53. The maximum absolute atomic E-state index is 13.1. The van der Waals surface area contributed by atoms with Gasteiger partial charge < -0.3 is 10.8 Å². The highest BCUT2D eigenvalue weighted by molar-refractivity contribution is 9.10. The van der Waals surface area contributed by atoms with Crippen LogP contribution in [0, 0.1) is 11.2 Å². The molecule has 1 aromatic carbocycles. The lowest BCUT2D eigenvalue weighted by Gasteiger charge is -2.32. The van der Waals surface area contributed by atoms with Gasteiger partial charge in [0.2, 0.25) is 0 Å². The minimum atomic E-state index is -0.681. The molecule has 0 fully saturated rings. The van der Waals surface area contributed by atoms with Crippen LogP contribution in [0.3, 0.4) is 0 Å². The lowest BCUT2D eigenvalue weighted by molar-refractivity contribution is 0.0391. The standard InChI is InChI=1S/C12H17BrFNO/c1-3-12(2,7-15)11(16)8-4-5-10(14)9(13)6-8/h4-6,11,16H,3,7,15H2,1-2H3. The average molecular weight is 290 g/mol. The predicted octanol–water partition coefficient (Wildman–Crippen LogP) is 3.00. The van der Waals surface area contributed by atoms with Crippen molar-refractivity contribution < 1.29 is 9.50 Å². The molecule has 0 aliphatic rings. The first kappa shape index (κ1) is 13.6. The van der Waals surface area contributed by atoms with Gasteiger partial charge in [-0.25, -0.2) is 4.39 Å². The summed E-state index contributed by atoms with van der Waals surface area (Å²) >= 11 is 3.11. The molecule has 0 aromatic heterocycles. The number of aliphatic hydroxyl groups excluding tert-OH is 1. The van der Waals surface area contributed by atoms with Gasteiger partial charge in [0.25, 0.3) is 0 Å². The highest BCUT2D eigenvalue weighted by Crippen LogP contribution is 2.36. The van der Waals surface area contributed by atoms with E-state index in [0.717, 1.165) is 6.42 Å². The molecule has 0 spiro atoms. The van der Waals surface area contributed by atoms with Gasteiger partial charge in [0.05, 0.1) is 10.6 Å². The topological polar surface area (TPSA) is 46.2 Å². The molecule has 4 heteroatoms. The van der Waals surface area contributed by atoms with Gasteiger partial charge >= 0.3 is 0 Å². The second-order valence-corrected chi connectivity index (χ2v) is 5.14. The van der Waals surface area contributed by atoms with E-state index >= 15 is 0 Å². The van der Waals surface area contributed by atoms with E-state index in [2.05, 4.69) is 15.9 Å². The summed E-state index contributed by atoms with van der Waals surface area (Å²) in [6.45, 7) is 4.29. The van der Waals surface area contributed by atoms with Crippen LogP contribution in [0.1, 0.15) is 31.9 Å². The summed E-state index contributed by atoms with van der Waals surface area (Å²) in [4.78, 5) is 0. The van der Waals surface area contributed by atoms with Crippen LogP contribution in [-0.4, -0.2) is 11.7 Å². The largest absolute Gasteiger partial charge is 0.388 e. The summed E-state index contributed by atoms with van der Waals surface area (Å²) in [5.74, 6) is -0.332. The molecule has 0 amide bonds. The zero-order chi connectivity index (χ0) is 12.3. The number of benzene rings is 1. The molecule has 1 aromatic rings. The molecule has 0 bridgehead atoms. The van der Waals surface area contributed by atoms with Crippen molar-refractivity contribution in [3.63, 3.8) is 0 Å². The fourth-order valence-corrected chi connectivity index (χ4v) is 1.93. The Balaban J connectivity index is 3.04. The normalized spacial score (nSPS) is 16.9. The second-order valence-electron chi connectivity index (χ2n) is 4.29. The Bertz CT molecular complexity index is 366. The van der Waals surface area contributed by atoms with E-state index in [1.165, 1.54) is 6.07 Å². The van der Waals surface area contributed by atoms with Crippen molar-refractivity contribution in [2.24, 2.45) is 11.1 Å². The number of aliphatic hydroxyl groups is 1. The maximum Gasteiger partial charge on any atom is 0.137 e. The third kappa shape index (κ3) is 2.62. The third-order valence-corrected chi connectivity index (χ3v) is 3.80. The molecule has 0 saturated carbocycles. The number of hydrogen-bond donors (Lipinski definition) is 2. The maximum atomic E-state index is 13.1. The molecule has 16 heavy (non-hydrogen) atoms. The summed E-state index contributed by atoms with van der Waals surface area (Å²) in [5.41, 5.74) is 5.98. The average Bonchev–Trinajstić information content (AvgIpc) is 2.30. The zero-order valence-electron chi connectivity index (χ0n) is 9.50. The van der Waals surface area contributed by atoms with Crippen LogP contribution >= 0.6 is 15.9 Å². The van der Waals surface area contributed by atoms with Gasteiger partial charge in [-0.3, -0.25) is 0 Å². The first-order valence-electron chi connectivity index (χ1n) is 5.27. The number of halogens is 2. The molecule has 0 aliphatic heterocycles. The lowest BCUT2D eigenvalue weighted by atomic mass is 9.78. The molecule has 0 radical (unpaired) electrons. The van der Waals surface area contributed by atoms with E-state index in [0.29, 0.717) is 16.6 Å². The van der Waals surface area contributed by atoms with Crippen LogP contribution < -0.4 is 5.73 Å². The van der Waals surface area contributed by atoms with E-state index in [-0.39, 0.29) is 11.2 Å². The van der Waals surface area contributed by atoms with Crippen molar-refractivity contribution in [2.45, 2.75) is 26.4 Å². The monoisotopic (exact) mass is 289 g/mol. The van der Waals surface area contributed by atoms with Gasteiger partial charge in [-0.2, -0.15) is 0 Å². The molecule has 2 nitrogen and oxygen atoms in total. The van der Waals surface area contributed by atoms with E-state index in [1.807, 2.05) is 13.8 Å². The van der Waals surface area contributed by atoms with Gasteiger partial charge in [0.1, 0.15) is 5.82 Å². The fourth-order valence-electron chi connectivity index (χ4n) is 1.53. The van der Waals surface area contributed by atoms with E-state index in [1.54, 1.807) is 12.1 Å². The van der Waals surface area contributed by atoms with Crippen molar-refractivity contribution in [1.82, 2.24) is 0 Å².